The van der Waals surface area contributed by atoms with Gasteiger partial charge in [-0.2, -0.15) is 0 Å². The van der Waals surface area contributed by atoms with Crippen LogP contribution in [0.25, 0.3) is 0 Å². The van der Waals surface area contributed by atoms with E-state index in [1.807, 2.05) is 31.2 Å². The van der Waals surface area contributed by atoms with Crippen molar-refractivity contribution in [2.24, 2.45) is 0 Å². The summed E-state index contributed by atoms with van der Waals surface area (Å²) < 4.78 is 11.0. The van der Waals surface area contributed by atoms with Crippen molar-refractivity contribution >= 4 is 5.91 Å². The number of aliphatic hydroxyl groups is 1. The molecular formula is C18H21NO4. The summed E-state index contributed by atoms with van der Waals surface area (Å²) in [6, 6.07) is 9.33. The van der Waals surface area contributed by atoms with Crippen LogP contribution in [0.15, 0.2) is 34.7 Å². The largest absolute Gasteiger partial charge is 0.492 e. The fraction of sp³-hybridized carbons (Fsp3) is 0.389. The second-order valence-corrected chi connectivity index (χ2v) is 6.22. The van der Waals surface area contributed by atoms with Crippen molar-refractivity contribution in [2.45, 2.75) is 32.3 Å². The van der Waals surface area contributed by atoms with Gasteiger partial charge in [0.15, 0.2) is 0 Å². The first-order chi connectivity index (χ1) is 10.9. The predicted molar refractivity (Wildman–Crippen MR) is 85.4 cm³/mol. The summed E-state index contributed by atoms with van der Waals surface area (Å²) in [5, 5.41) is 13.5. The number of carbonyl (C=O) groups excluding carboxylic acids is 1. The Morgan fingerprint density at radius 1 is 1.39 bits per heavy atom. The molecule has 0 aliphatic carbocycles. The summed E-state index contributed by atoms with van der Waals surface area (Å²) in [4.78, 5) is 12.5. The molecule has 1 aromatic carbocycles. The highest BCUT2D eigenvalue weighted by molar-refractivity contribution is 5.85. The number of hydrogen-bond acceptors (Lipinski definition) is 4. The van der Waals surface area contributed by atoms with Crippen molar-refractivity contribution < 1.29 is 19.1 Å². The van der Waals surface area contributed by atoms with Gasteiger partial charge in [-0.25, -0.2) is 0 Å². The third-order valence-electron chi connectivity index (χ3n) is 4.24. The lowest BCUT2D eigenvalue weighted by atomic mass is 9.95. The van der Waals surface area contributed by atoms with Crippen LogP contribution in [0.2, 0.25) is 0 Å². The molecule has 5 heteroatoms. The average Bonchev–Trinajstić information content (AvgIpc) is 3.08. The number of amides is 1. The van der Waals surface area contributed by atoms with Crippen molar-refractivity contribution in [1.82, 2.24) is 5.32 Å². The van der Waals surface area contributed by atoms with E-state index in [9.17, 15) is 9.90 Å². The molecule has 23 heavy (non-hydrogen) atoms. The highest BCUT2D eigenvalue weighted by atomic mass is 16.5. The zero-order valence-electron chi connectivity index (χ0n) is 13.6. The molecule has 2 unspecified atom stereocenters. The van der Waals surface area contributed by atoms with Crippen molar-refractivity contribution in [3.63, 3.8) is 0 Å². The second-order valence-electron chi connectivity index (χ2n) is 6.22. The van der Waals surface area contributed by atoms with Crippen LogP contribution >= 0.6 is 0 Å². The maximum Gasteiger partial charge on any atom is 0.231 e. The van der Waals surface area contributed by atoms with Gasteiger partial charge in [-0.3, -0.25) is 4.79 Å². The summed E-state index contributed by atoms with van der Waals surface area (Å²) in [6.07, 6.45) is 0. The Hall–Kier alpha value is -2.27. The lowest BCUT2D eigenvalue weighted by Crippen LogP contribution is -2.41. The predicted octanol–water partition coefficient (Wildman–Crippen LogP) is 2.40. The van der Waals surface area contributed by atoms with E-state index in [1.165, 1.54) is 0 Å². The maximum absolute atomic E-state index is 12.5. The highest BCUT2D eigenvalue weighted by Gasteiger charge is 2.33. The van der Waals surface area contributed by atoms with Gasteiger partial charge in [-0.1, -0.05) is 18.2 Å². The van der Waals surface area contributed by atoms with Gasteiger partial charge in [0.1, 0.15) is 35.4 Å². The lowest BCUT2D eigenvalue weighted by Gasteiger charge is -2.24. The average molecular weight is 315 g/mol. The molecule has 5 nitrogen and oxygen atoms in total. The fourth-order valence-corrected chi connectivity index (χ4v) is 3.02. The zero-order chi connectivity index (χ0) is 16.6. The van der Waals surface area contributed by atoms with Gasteiger partial charge in [-0.15, -0.1) is 0 Å². The molecule has 0 bridgehead atoms. The molecule has 0 saturated heterocycles. The minimum Gasteiger partial charge on any atom is -0.492 e. The topological polar surface area (TPSA) is 71.7 Å². The number of benzene rings is 1. The zero-order valence-corrected chi connectivity index (χ0v) is 13.6. The number of ether oxygens (including phenoxy) is 1. The smallest absolute Gasteiger partial charge is 0.231 e. The van der Waals surface area contributed by atoms with Crippen LogP contribution in [0, 0.1) is 13.8 Å². The van der Waals surface area contributed by atoms with E-state index in [0.29, 0.717) is 17.9 Å². The van der Waals surface area contributed by atoms with E-state index in [2.05, 4.69) is 5.32 Å². The van der Waals surface area contributed by atoms with Gasteiger partial charge in [0.25, 0.3) is 0 Å². The Morgan fingerprint density at radius 3 is 2.83 bits per heavy atom. The number of hydrogen-bond donors (Lipinski definition) is 2. The van der Waals surface area contributed by atoms with Crippen LogP contribution in [0.3, 0.4) is 0 Å². The minimum absolute atomic E-state index is 0.115. The molecule has 0 radical (unpaired) electrons. The Balaban J connectivity index is 1.69. The van der Waals surface area contributed by atoms with E-state index < -0.39 is 5.60 Å². The summed E-state index contributed by atoms with van der Waals surface area (Å²) in [6.45, 7) is 5.75. The van der Waals surface area contributed by atoms with E-state index in [1.54, 1.807) is 19.9 Å². The standard InChI is InChI=1S/C18H21NO4/c1-11-8-15(12(2)23-11)18(3,21)10-19-17(20)14-9-22-16-7-5-4-6-13(14)16/h4-8,14,21H,9-10H2,1-3H3,(H,19,20). The summed E-state index contributed by atoms with van der Waals surface area (Å²) in [5.41, 5.74) is 0.398. The molecule has 1 aliphatic rings. The first-order valence-electron chi connectivity index (χ1n) is 7.68. The van der Waals surface area contributed by atoms with Gasteiger partial charge < -0.3 is 19.6 Å². The summed E-state index contributed by atoms with van der Waals surface area (Å²) in [7, 11) is 0. The molecule has 2 aromatic rings. The molecule has 1 aromatic heterocycles. The van der Waals surface area contributed by atoms with Gasteiger partial charge >= 0.3 is 0 Å². The molecular weight excluding hydrogens is 294 g/mol. The van der Waals surface area contributed by atoms with Gasteiger partial charge in [0.05, 0.1) is 6.54 Å². The Bertz CT molecular complexity index is 732. The number of fused-ring (bicyclic) bond motifs is 1. The molecule has 1 amide bonds. The highest BCUT2D eigenvalue weighted by Crippen LogP contribution is 2.33. The van der Waals surface area contributed by atoms with Crippen LogP contribution in [0.4, 0.5) is 0 Å². The van der Waals surface area contributed by atoms with Gasteiger partial charge in [-0.05, 0) is 32.9 Å². The van der Waals surface area contributed by atoms with Crippen molar-refractivity contribution in [3.05, 3.63) is 53.0 Å². The lowest BCUT2D eigenvalue weighted by molar-refractivity contribution is -0.124. The molecule has 2 heterocycles. The second kappa shape index (κ2) is 5.74. The fourth-order valence-electron chi connectivity index (χ4n) is 3.02. The van der Waals surface area contributed by atoms with E-state index in [0.717, 1.165) is 17.1 Å². The normalized spacial score (nSPS) is 18.9. The molecule has 3 rings (SSSR count). The van der Waals surface area contributed by atoms with Crippen LogP contribution in [-0.2, 0) is 10.4 Å². The van der Waals surface area contributed by atoms with Crippen LogP contribution in [-0.4, -0.2) is 24.2 Å². The Labute approximate surface area is 135 Å². The number of para-hydroxylation sites is 1. The summed E-state index contributed by atoms with van der Waals surface area (Å²) >= 11 is 0. The number of carbonyl (C=O) groups is 1. The number of aryl methyl sites for hydroxylation is 2. The van der Waals surface area contributed by atoms with E-state index in [-0.39, 0.29) is 18.4 Å². The molecule has 0 spiro atoms. The number of furan rings is 1. The number of rotatable bonds is 4. The van der Waals surface area contributed by atoms with Crippen molar-refractivity contribution in [2.75, 3.05) is 13.2 Å². The van der Waals surface area contributed by atoms with Crippen molar-refractivity contribution in [1.29, 1.82) is 0 Å². The molecule has 0 saturated carbocycles. The van der Waals surface area contributed by atoms with Crippen LogP contribution in [0.5, 0.6) is 5.75 Å². The van der Waals surface area contributed by atoms with E-state index >= 15 is 0 Å². The van der Waals surface area contributed by atoms with E-state index in [4.69, 9.17) is 9.15 Å². The SMILES string of the molecule is Cc1cc(C(C)(O)CNC(=O)C2COc3ccccc32)c(C)o1. The third-order valence-corrected chi connectivity index (χ3v) is 4.24. The summed E-state index contributed by atoms with van der Waals surface area (Å²) in [5.74, 6) is 1.67. The van der Waals surface area contributed by atoms with Gasteiger partial charge in [0, 0.05) is 11.1 Å². The number of nitrogens with one attached hydrogen (secondary N) is 1. The quantitative estimate of drug-likeness (QED) is 0.909. The van der Waals surface area contributed by atoms with Crippen LogP contribution in [0.1, 0.15) is 35.5 Å². The molecule has 1 aliphatic heterocycles. The minimum atomic E-state index is -1.18. The Morgan fingerprint density at radius 2 is 2.13 bits per heavy atom. The molecule has 0 fully saturated rings. The maximum atomic E-state index is 12.5. The van der Waals surface area contributed by atoms with Crippen molar-refractivity contribution in [3.8, 4) is 5.75 Å². The molecule has 2 N–H and O–H groups in total. The van der Waals surface area contributed by atoms with Gasteiger partial charge in [0.2, 0.25) is 5.91 Å². The third kappa shape index (κ3) is 2.97. The first kappa shape index (κ1) is 15.6. The monoisotopic (exact) mass is 315 g/mol. The Kier molecular flexibility index (Phi) is 3.90. The molecule has 122 valence electrons. The van der Waals surface area contributed by atoms with Crippen LogP contribution < -0.4 is 10.1 Å². The molecule has 2 atom stereocenters. The first-order valence-corrected chi connectivity index (χ1v) is 7.68.